The summed E-state index contributed by atoms with van der Waals surface area (Å²) in [5.74, 6) is 0.0973. The molecule has 0 saturated heterocycles. The summed E-state index contributed by atoms with van der Waals surface area (Å²) in [5.41, 5.74) is 0.710. The van der Waals surface area contributed by atoms with E-state index in [1.54, 1.807) is 12.1 Å². The zero-order chi connectivity index (χ0) is 8.97. The van der Waals surface area contributed by atoms with Gasteiger partial charge in [0.05, 0.1) is 6.07 Å². The van der Waals surface area contributed by atoms with Crippen LogP contribution in [0.5, 0.6) is 5.75 Å². The van der Waals surface area contributed by atoms with Gasteiger partial charge in [0.15, 0.2) is 0 Å². The number of halogens is 1. The Kier molecular flexibility index (Phi) is 2.73. The minimum absolute atomic E-state index is 0.0973. The second-order valence-corrected chi connectivity index (χ2v) is 2.64. The Hall–Kier alpha value is -1.46. The number of hydrogen-bond acceptors (Lipinski definition) is 2. The fraction of sp³-hybridized carbons (Fsp3) is 0. The van der Waals surface area contributed by atoms with Gasteiger partial charge in [0, 0.05) is 11.1 Å². The molecule has 0 aliphatic heterocycles. The molecule has 0 fully saturated rings. The molecule has 0 spiro atoms. The van der Waals surface area contributed by atoms with Gasteiger partial charge in [-0.05, 0) is 29.8 Å². The fourth-order valence-electron chi connectivity index (χ4n) is 0.826. The summed E-state index contributed by atoms with van der Waals surface area (Å²) >= 11 is 5.65. The number of nitriles is 1. The van der Waals surface area contributed by atoms with E-state index < -0.39 is 0 Å². The maximum atomic E-state index is 9.09. The number of phenols is 1. The zero-order valence-electron chi connectivity index (χ0n) is 6.16. The molecular formula is C9H6ClNO. The van der Waals surface area contributed by atoms with E-state index >= 15 is 0 Å². The Labute approximate surface area is 75.3 Å². The maximum absolute atomic E-state index is 9.09. The first kappa shape index (κ1) is 8.63. The Balaban J connectivity index is 3.03. The molecule has 0 aromatic heterocycles. The normalized spacial score (nSPS) is 10.0. The second-order valence-electron chi connectivity index (χ2n) is 2.21. The summed E-state index contributed by atoms with van der Waals surface area (Å²) in [7, 11) is 0. The summed E-state index contributed by atoms with van der Waals surface area (Å²) in [6.07, 6.45) is 2.90. The number of benzene rings is 1. The zero-order valence-corrected chi connectivity index (χ0v) is 6.92. The Morgan fingerprint density at radius 2 is 2.17 bits per heavy atom. The molecule has 1 N–H and O–H groups in total. The molecule has 2 nitrogen and oxygen atoms in total. The highest BCUT2D eigenvalue weighted by molar-refractivity contribution is 6.30. The highest BCUT2D eigenvalue weighted by atomic mass is 35.5. The quantitative estimate of drug-likeness (QED) is 0.674. The molecule has 60 valence electrons. The lowest BCUT2D eigenvalue weighted by molar-refractivity contribution is 0.475. The van der Waals surface area contributed by atoms with Crippen molar-refractivity contribution in [3.8, 4) is 11.8 Å². The van der Waals surface area contributed by atoms with E-state index in [9.17, 15) is 0 Å². The Morgan fingerprint density at radius 3 is 2.75 bits per heavy atom. The van der Waals surface area contributed by atoms with Crippen molar-refractivity contribution in [3.63, 3.8) is 0 Å². The highest BCUT2D eigenvalue weighted by Crippen LogP contribution is 2.20. The first-order chi connectivity index (χ1) is 5.72. The fourth-order valence-corrected chi connectivity index (χ4v) is 1.06. The summed E-state index contributed by atoms with van der Waals surface area (Å²) in [5, 5.41) is 17.8. The van der Waals surface area contributed by atoms with Gasteiger partial charge in [-0.1, -0.05) is 11.6 Å². The summed E-state index contributed by atoms with van der Waals surface area (Å²) < 4.78 is 0. The summed E-state index contributed by atoms with van der Waals surface area (Å²) in [6.45, 7) is 0. The van der Waals surface area contributed by atoms with Crippen LogP contribution in [-0.4, -0.2) is 5.11 Å². The van der Waals surface area contributed by atoms with E-state index in [-0.39, 0.29) is 5.75 Å². The first-order valence-corrected chi connectivity index (χ1v) is 3.66. The average molecular weight is 180 g/mol. The first-order valence-electron chi connectivity index (χ1n) is 3.28. The third kappa shape index (κ3) is 2.30. The van der Waals surface area contributed by atoms with Crippen molar-refractivity contribution in [3.05, 3.63) is 34.9 Å². The third-order valence-electron chi connectivity index (χ3n) is 1.26. The van der Waals surface area contributed by atoms with Crippen molar-refractivity contribution >= 4 is 17.7 Å². The van der Waals surface area contributed by atoms with E-state index in [0.29, 0.717) is 10.6 Å². The molecule has 1 aromatic carbocycles. The number of phenolic OH excluding ortho intramolecular Hbond substituents is 1. The van der Waals surface area contributed by atoms with Gasteiger partial charge in [0.2, 0.25) is 0 Å². The second kappa shape index (κ2) is 3.80. The highest BCUT2D eigenvalue weighted by Gasteiger charge is 1.94. The lowest BCUT2D eigenvalue weighted by Gasteiger charge is -1.95. The number of hydrogen-bond donors (Lipinski definition) is 1. The van der Waals surface area contributed by atoms with Crippen molar-refractivity contribution in [2.24, 2.45) is 0 Å². The standard InChI is InChI=1S/C9H6ClNO/c10-8-4-7(2-1-3-11)5-9(12)6-8/h1-2,4-6,12H. The van der Waals surface area contributed by atoms with E-state index in [1.165, 1.54) is 18.2 Å². The van der Waals surface area contributed by atoms with E-state index in [1.807, 2.05) is 6.07 Å². The third-order valence-corrected chi connectivity index (χ3v) is 1.47. The minimum Gasteiger partial charge on any atom is -0.508 e. The van der Waals surface area contributed by atoms with Crippen LogP contribution in [0.15, 0.2) is 24.3 Å². The Bertz CT molecular complexity index is 332. The lowest BCUT2D eigenvalue weighted by Crippen LogP contribution is -1.72. The predicted molar refractivity (Wildman–Crippen MR) is 47.8 cm³/mol. The van der Waals surface area contributed by atoms with Crippen molar-refractivity contribution in [1.29, 1.82) is 5.26 Å². The largest absolute Gasteiger partial charge is 0.508 e. The monoisotopic (exact) mass is 179 g/mol. The van der Waals surface area contributed by atoms with Crippen LogP contribution in [0.3, 0.4) is 0 Å². The van der Waals surface area contributed by atoms with Crippen LogP contribution in [0.1, 0.15) is 5.56 Å². The Morgan fingerprint density at radius 1 is 1.42 bits per heavy atom. The number of aromatic hydroxyl groups is 1. The van der Waals surface area contributed by atoms with Gasteiger partial charge in [-0.3, -0.25) is 0 Å². The molecule has 1 rings (SSSR count). The van der Waals surface area contributed by atoms with Crippen LogP contribution in [0.4, 0.5) is 0 Å². The molecule has 0 aliphatic carbocycles. The molecule has 1 aromatic rings. The van der Waals surface area contributed by atoms with Crippen LogP contribution >= 0.6 is 11.6 Å². The molecule has 0 heterocycles. The van der Waals surface area contributed by atoms with Crippen LogP contribution in [0.2, 0.25) is 5.02 Å². The molecule has 0 unspecified atom stereocenters. The van der Waals surface area contributed by atoms with Gasteiger partial charge < -0.3 is 5.11 Å². The van der Waals surface area contributed by atoms with E-state index in [0.717, 1.165) is 0 Å². The molecule has 12 heavy (non-hydrogen) atoms. The summed E-state index contributed by atoms with van der Waals surface area (Å²) in [4.78, 5) is 0. The van der Waals surface area contributed by atoms with Crippen molar-refractivity contribution in [2.75, 3.05) is 0 Å². The molecule has 0 amide bonds. The van der Waals surface area contributed by atoms with Crippen LogP contribution in [0, 0.1) is 11.3 Å². The van der Waals surface area contributed by atoms with E-state index in [4.69, 9.17) is 22.0 Å². The molecule has 0 saturated carbocycles. The van der Waals surface area contributed by atoms with Gasteiger partial charge >= 0.3 is 0 Å². The molecule has 3 heteroatoms. The molecule has 0 radical (unpaired) electrons. The minimum atomic E-state index is 0.0973. The molecule has 0 aliphatic rings. The predicted octanol–water partition coefficient (Wildman–Crippen LogP) is 2.58. The maximum Gasteiger partial charge on any atom is 0.117 e. The molecule has 0 atom stereocenters. The van der Waals surface area contributed by atoms with Crippen molar-refractivity contribution < 1.29 is 5.11 Å². The number of rotatable bonds is 1. The van der Waals surface area contributed by atoms with Gasteiger partial charge in [-0.2, -0.15) is 5.26 Å². The van der Waals surface area contributed by atoms with Gasteiger partial charge in [0.25, 0.3) is 0 Å². The number of allylic oxidation sites excluding steroid dienone is 1. The molecular weight excluding hydrogens is 174 g/mol. The van der Waals surface area contributed by atoms with Gasteiger partial charge in [0.1, 0.15) is 5.75 Å². The van der Waals surface area contributed by atoms with Gasteiger partial charge in [-0.25, -0.2) is 0 Å². The molecule has 0 bridgehead atoms. The van der Waals surface area contributed by atoms with Crippen molar-refractivity contribution in [1.82, 2.24) is 0 Å². The van der Waals surface area contributed by atoms with Crippen LogP contribution in [-0.2, 0) is 0 Å². The van der Waals surface area contributed by atoms with Crippen LogP contribution < -0.4 is 0 Å². The smallest absolute Gasteiger partial charge is 0.117 e. The lowest BCUT2D eigenvalue weighted by atomic mass is 10.2. The van der Waals surface area contributed by atoms with Gasteiger partial charge in [-0.15, -0.1) is 0 Å². The van der Waals surface area contributed by atoms with Crippen molar-refractivity contribution in [2.45, 2.75) is 0 Å². The van der Waals surface area contributed by atoms with Crippen LogP contribution in [0.25, 0.3) is 6.08 Å². The van der Waals surface area contributed by atoms with E-state index in [2.05, 4.69) is 0 Å². The average Bonchev–Trinajstić information content (AvgIpc) is 1.99. The summed E-state index contributed by atoms with van der Waals surface area (Å²) in [6, 6.07) is 6.47. The SMILES string of the molecule is N#CC=Cc1cc(O)cc(Cl)c1. The number of nitrogens with zero attached hydrogens (tertiary/aromatic N) is 1. The topological polar surface area (TPSA) is 44.0 Å².